The lowest BCUT2D eigenvalue weighted by molar-refractivity contribution is -0.688. The molecule has 0 aliphatic rings. The molecule has 0 atom stereocenters. The van der Waals surface area contributed by atoms with Gasteiger partial charge in [-0.05, 0) is 36.2 Å². The summed E-state index contributed by atoms with van der Waals surface area (Å²) in [5, 5.41) is 3.00. The van der Waals surface area contributed by atoms with E-state index in [1.54, 1.807) is 7.11 Å². The van der Waals surface area contributed by atoms with Crippen LogP contribution in [0, 0.1) is 0 Å². The Kier molecular flexibility index (Phi) is 19.1. The third kappa shape index (κ3) is 15.4. The van der Waals surface area contributed by atoms with Gasteiger partial charge >= 0.3 is 0 Å². The van der Waals surface area contributed by atoms with E-state index in [1.807, 2.05) is 73.1 Å². The van der Waals surface area contributed by atoms with E-state index in [-0.39, 0.29) is 29.3 Å². The molecule has 0 bridgehead atoms. The molecule has 1 N–H and O–H groups in total. The summed E-state index contributed by atoms with van der Waals surface area (Å²) < 4.78 is 13.7. The van der Waals surface area contributed by atoms with E-state index >= 15 is 0 Å². The van der Waals surface area contributed by atoms with Crippen molar-refractivity contribution in [2.24, 2.45) is 0 Å². The molecular formula is C37H53BrN2O3. The number of anilines is 1. The molecule has 0 saturated carbocycles. The van der Waals surface area contributed by atoms with Crippen LogP contribution in [-0.4, -0.2) is 19.6 Å². The van der Waals surface area contributed by atoms with Gasteiger partial charge in [0.15, 0.2) is 30.4 Å². The minimum absolute atomic E-state index is 0. The van der Waals surface area contributed by atoms with E-state index in [9.17, 15) is 4.79 Å². The summed E-state index contributed by atoms with van der Waals surface area (Å²) in [6.07, 6.45) is 23.2. The van der Waals surface area contributed by atoms with Gasteiger partial charge in [0, 0.05) is 23.4 Å². The SMILES string of the molecule is CCCCCCCCCCCCCCCCOc1ccc(CC(=O)Nc2ccc(C[n+]3ccccc3)cc2)cc1OC.[Br-]. The first-order valence-corrected chi connectivity index (χ1v) is 16.3. The molecule has 0 fully saturated rings. The van der Waals surface area contributed by atoms with Gasteiger partial charge in [0.05, 0.1) is 20.1 Å². The Hall–Kier alpha value is -2.86. The van der Waals surface area contributed by atoms with Gasteiger partial charge in [-0.1, -0.05) is 115 Å². The topological polar surface area (TPSA) is 51.4 Å². The smallest absolute Gasteiger partial charge is 0.228 e. The minimum Gasteiger partial charge on any atom is -1.00 e. The van der Waals surface area contributed by atoms with Gasteiger partial charge in [-0.15, -0.1) is 0 Å². The molecule has 0 spiro atoms. The summed E-state index contributed by atoms with van der Waals surface area (Å²) in [5.41, 5.74) is 2.87. The van der Waals surface area contributed by atoms with Crippen molar-refractivity contribution in [3.63, 3.8) is 0 Å². The predicted octanol–water partition coefficient (Wildman–Crippen LogP) is 6.08. The van der Waals surface area contributed by atoms with Crippen LogP contribution in [0.4, 0.5) is 5.69 Å². The van der Waals surface area contributed by atoms with E-state index in [0.29, 0.717) is 12.4 Å². The number of nitrogens with one attached hydrogen (secondary N) is 1. The molecule has 0 saturated heterocycles. The van der Waals surface area contributed by atoms with Gasteiger partial charge in [-0.25, -0.2) is 4.57 Å². The lowest BCUT2D eigenvalue weighted by atomic mass is 10.0. The minimum atomic E-state index is -0.0571. The zero-order valence-electron chi connectivity index (χ0n) is 26.5. The van der Waals surface area contributed by atoms with Gasteiger partial charge < -0.3 is 31.8 Å². The van der Waals surface area contributed by atoms with Gasteiger partial charge in [-0.2, -0.15) is 0 Å². The summed E-state index contributed by atoms with van der Waals surface area (Å²) in [7, 11) is 1.65. The third-order valence-electron chi connectivity index (χ3n) is 7.73. The maximum Gasteiger partial charge on any atom is 0.228 e. The first kappa shape index (κ1) is 36.3. The Morgan fingerprint density at radius 2 is 1.26 bits per heavy atom. The number of carbonyl (C=O) groups is 1. The van der Waals surface area contributed by atoms with Crippen LogP contribution in [0.15, 0.2) is 73.1 Å². The molecule has 0 aliphatic heterocycles. The van der Waals surface area contributed by atoms with Crippen LogP contribution in [0.25, 0.3) is 0 Å². The maximum absolute atomic E-state index is 12.7. The van der Waals surface area contributed by atoms with E-state index in [0.717, 1.165) is 30.0 Å². The van der Waals surface area contributed by atoms with Gasteiger partial charge in [-0.3, -0.25) is 4.79 Å². The second-order valence-electron chi connectivity index (χ2n) is 11.4. The van der Waals surface area contributed by atoms with Crippen LogP contribution in [-0.2, 0) is 17.8 Å². The largest absolute Gasteiger partial charge is 1.00 e. The molecule has 236 valence electrons. The lowest BCUT2D eigenvalue weighted by Gasteiger charge is -2.12. The number of methoxy groups -OCH3 is 1. The Morgan fingerprint density at radius 1 is 0.698 bits per heavy atom. The maximum atomic E-state index is 12.7. The highest BCUT2D eigenvalue weighted by atomic mass is 79.9. The fourth-order valence-electron chi connectivity index (χ4n) is 5.25. The Bertz CT molecular complexity index is 1140. The molecule has 3 rings (SSSR count). The van der Waals surface area contributed by atoms with Crippen LogP contribution >= 0.6 is 0 Å². The fraction of sp³-hybridized carbons (Fsp3) is 0.514. The molecule has 1 amide bonds. The molecule has 43 heavy (non-hydrogen) atoms. The van der Waals surface area contributed by atoms with Gasteiger partial charge in [0.25, 0.3) is 0 Å². The van der Waals surface area contributed by atoms with Crippen molar-refractivity contribution in [2.45, 2.75) is 110 Å². The number of ether oxygens (including phenoxy) is 2. The number of rotatable bonds is 22. The van der Waals surface area contributed by atoms with Crippen molar-refractivity contribution in [3.8, 4) is 11.5 Å². The molecular weight excluding hydrogens is 600 g/mol. The second-order valence-corrected chi connectivity index (χ2v) is 11.4. The number of pyridine rings is 1. The Labute approximate surface area is 271 Å². The van der Waals surface area contributed by atoms with E-state index in [1.165, 1.54) is 89.0 Å². The highest BCUT2D eigenvalue weighted by Crippen LogP contribution is 2.29. The molecule has 0 unspecified atom stereocenters. The molecule has 3 aromatic rings. The molecule has 2 aromatic carbocycles. The zero-order chi connectivity index (χ0) is 29.7. The summed E-state index contributed by atoms with van der Waals surface area (Å²) in [6.45, 7) is 3.76. The average Bonchev–Trinajstić information content (AvgIpc) is 3.01. The third-order valence-corrected chi connectivity index (χ3v) is 7.73. The van der Waals surface area contributed by atoms with Crippen molar-refractivity contribution < 1.29 is 35.8 Å². The number of carbonyl (C=O) groups excluding carboxylic acids is 1. The normalized spacial score (nSPS) is 10.7. The number of hydrogen-bond acceptors (Lipinski definition) is 3. The molecule has 5 nitrogen and oxygen atoms in total. The summed E-state index contributed by atoms with van der Waals surface area (Å²) in [4.78, 5) is 12.7. The molecule has 6 heteroatoms. The number of unbranched alkanes of at least 4 members (excludes halogenated alkanes) is 13. The number of nitrogens with zero attached hydrogens (tertiary/aromatic N) is 1. The van der Waals surface area contributed by atoms with Crippen molar-refractivity contribution in [1.29, 1.82) is 0 Å². The number of hydrogen-bond donors (Lipinski definition) is 1. The fourth-order valence-corrected chi connectivity index (χ4v) is 5.25. The van der Waals surface area contributed by atoms with Crippen LogP contribution in [0.1, 0.15) is 108 Å². The molecule has 1 aromatic heterocycles. The van der Waals surface area contributed by atoms with E-state index in [2.05, 4.69) is 16.8 Å². The van der Waals surface area contributed by atoms with Crippen LogP contribution < -0.4 is 36.3 Å². The summed E-state index contributed by atoms with van der Waals surface area (Å²) in [5.74, 6) is 1.36. The lowest BCUT2D eigenvalue weighted by Crippen LogP contribution is -3.00. The molecule has 0 aliphatic carbocycles. The van der Waals surface area contributed by atoms with Gasteiger partial charge in [0.1, 0.15) is 0 Å². The number of aromatic nitrogens is 1. The van der Waals surface area contributed by atoms with Crippen molar-refractivity contribution in [1.82, 2.24) is 0 Å². The first-order valence-electron chi connectivity index (χ1n) is 16.3. The Morgan fingerprint density at radius 3 is 1.84 bits per heavy atom. The zero-order valence-corrected chi connectivity index (χ0v) is 28.1. The van der Waals surface area contributed by atoms with E-state index < -0.39 is 0 Å². The predicted molar refractivity (Wildman–Crippen MR) is 173 cm³/mol. The number of amides is 1. The second kappa shape index (κ2) is 22.6. The van der Waals surface area contributed by atoms with Gasteiger partial charge in [0.2, 0.25) is 5.91 Å². The van der Waals surface area contributed by atoms with Crippen LogP contribution in [0.2, 0.25) is 0 Å². The van der Waals surface area contributed by atoms with Crippen molar-refractivity contribution in [2.75, 3.05) is 19.0 Å². The molecule has 0 radical (unpaired) electrons. The summed E-state index contributed by atoms with van der Waals surface area (Å²) in [6, 6.07) is 19.8. The monoisotopic (exact) mass is 652 g/mol. The van der Waals surface area contributed by atoms with Crippen molar-refractivity contribution >= 4 is 11.6 Å². The first-order chi connectivity index (χ1) is 20.7. The number of halogens is 1. The van der Waals surface area contributed by atoms with E-state index in [4.69, 9.17) is 9.47 Å². The highest BCUT2D eigenvalue weighted by molar-refractivity contribution is 5.92. The quantitative estimate of drug-likeness (QED) is 0.106. The highest BCUT2D eigenvalue weighted by Gasteiger charge is 2.10. The molecule has 1 heterocycles. The van der Waals surface area contributed by atoms with Crippen LogP contribution in [0.3, 0.4) is 0 Å². The Balaban J connectivity index is 0.00000645. The summed E-state index contributed by atoms with van der Waals surface area (Å²) >= 11 is 0. The van der Waals surface area contributed by atoms with Crippen LogP contribution in [0.5, 0.6) is 11.5 Å². The number of benzene rings is 2. The van der Waals surface area contributed by atoms with Crippen molar-refractivity contribution in [3.05, 3.63) is 84.2 Å². The average molecular weight is 654 g/mol. The standard InChI is InChI=1S/C37H52N2O3.BrH/c1-3-4-5-6-7-8-9-10-11-12-13-14-15-19-28-42-35-25-22-33(29-36(35)41-2)30-37(40)38-34-23-20-32(21-24-34)31-39-26-17-16-18-27-39;/h16-18,20-27,29H,3-15,19,28,30-31H2,1-2H3;1H.